The molecule has 0 aliphatic heterocycles. The summed E-state index contributed by atoms with van der Waals surface area (Å²) in [6.07, 6.45) is 0.996. The van der Waals surface area contributed by atoms with Crippen molar-refractivity contribution in [3.63, 3.8) is 0 Å². The molecular formula is C7H15BrN2O. The van der Waals surface area contributed by atoms with Crippen LogP contribution in [0.5, 0.6) is 0 Å². The van der Waals surface area contributed by atoms with Gasteiger partial charge in [0.15, 0.2) is 0 Å². The Morgan fingerprint density at radius 2 is 1.91 bits per heavy atom. The average Bonchev–Trinajstić information content (AvgIpc) is 1.98. The molecule has 0 spiro atoms. The van der Waals surface area contributed by atoms with Crippen molar-refractivity contribution >= 4 is 22.0 Å². The Balaban J connectivity index is 3.64. The van der Waals surface area contributed by atoms with E-state index in [-0.39, 0.29) is 6.03 Å². The van der Waals surface area contributed by atoms with Gasteiger partial charge in [0.1, 0.15) is 0 Å². The van der Waals surface area contributed by atoms with E-state index in [4.69, 9.17) is 0 Å². The number of carbonyl (C=O) groups is 1. The maximum atomic E-state index is 11.2. The van der Waals surface area contributed by atoms with Crippen molar-refractivity contribution in [3.8, 4) is 0 Å². The Morgan fingerprint density at radius 1 is 1.36 bits per heavy atom. The summed E-state index contributed by atoms with van der Waals surface area (Å²) in [7, 11) is 5.32. The second kappa shape index (κ2) is 5.41. The highest BCUT2D eigenvalue weighted by atomic mass is 79.9. The molecule has 11 heavy (non-hydrogen) atoms. The lowest BCUT2D eigenvalue weighted by molar-refractivity contribution is 0.182. The molecule has 0 saturated carbocycles. The Hall–Kier alpha value is -0.250. The van der Waals surface area contributed by atoms with Gasteiger partial charge in [0.2, 0.25) is 0 Å². The molecule has 3 nitrogen and oxygen atoms in total. The van der Waals surface area contributed by atoms with Crippen LogP contribution in [-0.2, 0) is 0 Å². The smallest absolute Gasteiger partial charge is 0.319 e. The molecule has 0 atom stereocenters. The van der Waals surface area contributed by atoms with Crippen LogP contribution >= 0.6 is 15.9 Å². The molecule has 0 saturated heterocycles. The predicted octanol–water partition coefficient (Wildman–Crippen LogP) is 1.38. The van der Waals surface area contributed by atoms with E-state index in [1.807, 2.05) is 7.05 Å². The summed E-state index contributed by atoms with van der Waals surface area (Å²) in [6, 6.07) is 0.0611. The largest absolute Gasteiger partial charge is 0.331 e. The summed E-state index contributed by atoms with van der Waals surface area (Å²) in [4.78, 5) is 14.5. The highest BCUT2D eigenvalue weighted by Gasteiger charge is 2.08. The summed E-state index contributed by atoms with van der Waals surface area (Å²) in [5.41, 5.74) is 0. The fourth-order valence-electron chi connectivity index (χ4n) is 0.734. The zero-order valence-electron chi connectivity index (χ0n) is 7.30. The lowest BCUT2D eigenvalue weighted by atomic mass is 10.4. The highest BCUT2D eigenvalue weighted by molar-refractivity contribution is 9.09. The minimum absolute atomic E-state index is 0.0611. The first kappa shape index (κ1) is 10.8. The summed E-state index contributed by atoms with van der Waals surface area (Å²) < 4.78 is 0. The van der Waals surface area contributed by atoms with Crippen LogP contribution in [0.3, 0.4) is 0 Å². The van der Waals surface area contributed by atoms with Gasteiger partial charge in [-0.1, -0.05) is 15.9 Å². The molecule has 0 aliphatic rings. The van der Waals surface area contributed by atoms with Crippen molar-refractivity contribution in [1.29, 1.82) is 0 Å². The van der Waals surface area contributed by atoms with E-state index in [0.717, 1.165) is 18.3 Å². The minimum Gasteiger partial charge on any atom is -0.331 e. The molecule has 0 aromatic heterocycles. The second-order valence-electron chi connectivity index (χ2n) is 2.64. The predicted molar refractivity (Wildman–Crippen MR) is 50.1 cm³/mol. The van der Waals surface area contributed by atoms with Crippen LogP contribution in [-0.4, -0.2) is 48.8 Å². The van der Waals surface area contributed by atoms with Gasteiger partial charge >= 0.3 is 6.03 Å². The Kier molecular flexibility index (Phi) is 5.28. The zero-order valence-corrected chi connectivity index (χ0v) is 8.89. The van der Waals surface area contributed by atoms with Crippen molar-refractivity contribution < 1.29 is 4.79 Å². The molecule has 66 valence electrons. The Labute approximate surface area is 76.5 Å². The van der Waals surface area contributed by atoms with E-state index in [1.165, 1.54) is 0 Å². The monoisotopic (exact) mass is 222 g/mol. The molecule has 0 aliphatic carbocycles. The average molecular weight is 223 g/mol. The molecule has 0 aromatic carbocycles. The van der Waals surface area contributed by atoms with E-state index in [0.29, 0.717) is 0 Å². The van der Waals surface area contributed by atoms with Gasteiger partial charge in [0.25, 0.3) is 0 Å². The Morgan fingerprint density at radius 3 is 2.27 bits per heavy atom. The normalized spacial score (nSPS) is 9.45. The second-order valence-corrected chi connectivity index (χ2v) is 3.43. The number of alkyl halides is 1. The molecule has 0 radical (unpaired) electrons. The van der Waals surface area contributed by atoms with Crippen LogP contribution in [0, 0.1) is 0 Å². The fraction of sp³-hybridized carbons (Fsp3) is 0.857. The molecule has 0 heterocycles. The van der Waals surface area contributed by atoms with E-state index < -0.39 is 0 Å². The third-order valence-corrected chi connectivity index (χ3v) is 1.90. The summed E-state index contributed by atoms with van der Waals surface area (Å²) in [6.45, 7) is 0.808. The third-order valence-electron chi connectivity index (χ3n) is 1.34. The van der Waals surface area contributed by atoms with Gasteiger partial charge in [0, 0.05) is 33.0 Å². The Bertz CT molecular complexity index is 128. The number of carbonyl (C=O) groups excluding carboxylic acids is 1. The van der Waals surface area contributed by atoms with Crippen molar-refractivity contribution in [2.45, 2.75) is 6.42 Å². The SMILES string of the molecule is CN(C)C(=O)N(C)CCCBr. The number of hydrogen-bond donors (Lipinski definition) is 0. The minimum atomic E-state index is 0.0611. The highest BCUT2D eigenvalue weighted by Crippen LogP contribution is 1.94. The lowest BCUT2D eigenvalue weighted by Crippen LogP contribution is -2.36. The molecule has 0 fully saturated rings. The summed E-state index contributed by atoms with van der Waals surface area (Å²) in [5.74, 6) is 0. The lowest BCUT2D eigenvalue weighted by Gasteiger charge is -2.21. The molecule has 0 bridgehead atoms. The topological polar surface area (TPSA) is 23.6 Å². The number of halogens is 1. The van der Waals surface area contributed by atoms with E-state index in [1.54, 1.807) is 23.9 Å². The molecule has 0 N–H and O–H groups in total. The van der Waals surface area contributed by atoms with Crippen molar-refractivity contribution in [2.75, 3.05) is 33.0 Å². The van der Waals surface area contributed by atoms with Crippen molar-refractivity contribution in [3.05, 3.63) is 0 Å². The number of amides is 2. The first-order valence-electron chi connectivity index (χ1n) is 3.58. The standard InChI is InChI=1S/C7H15BrN2O/c1-9(2)7(11)10(3)6-4-5-8/h4-6H2,1-3H3. The van der Waals surface area contributed by atoms with Crippen LogP contribution in [0.2, 0.25) is 0 Å². The number of urea groups is 1. The molecule has 2 amide bonds. The van der Waals surface area contributed by atoms with Crippen LogP contribution in [0.25, 0.3) is 0 Å². The maximum absolute atomic E-state index is 11.2. The van der Waals surface area contributed by atoms with Crippen LogP contribution < -0.4 is 0 Å². The van der Waals surface area contributed by atoms with E-state index in [9.17, 15) is 4.79 Å². The molecule has 0 aromatic rings. The van der Waals surface area contributed by atoms with Crippen molar-refractivity contribution in [2.24, 2.45) is 0 Å². The summed E-state index contributed by atoms with van der Waals surface area (Å²) in [5, 5.41) is 0.943. The van der Waals surface area contributed by atoms with Gasteiger partial charge in [-0.05, 0) is 6.42 Å². The van der Waals surface area contributed by atoms with Gasteiger partial charge in [-0.2, -0.15) is 0 Å². The van der Waals surface area contributed by atoms with E-state index in [2.05, 4.69) is 15.9 Å². The molecular weight excluding hydrogens is 208 g/mol. The maximum Gasteiger partial charge on any atom is 0.319 e. The first-order chi connectivity index (χ1) is 5.09. The molecule has 0 unspecified atom stereocenters. The van der Waals surface area contributed by atoms with Gasteiger partial charge in [-0.15, -0.1) is 0 Å². The van der Waals surface area contributed by atoms with Gasteiger partial charge in [0.05, 0.1) is 0 Å². The zero-order chi connectivity index (χ0) is 8.85. The first-order valence-corrected chi connectivity index (χ1v) is 4.70. The fourth-order valence-corrected chi connectivity index (χ4v) is 0.985. The van der Waals surface area contributed by atoms with Crippen molar-refractivity contribution in [1.82, 2.24) is 9.80 Å². The number of hydrogen-bond acceptors (Lipinski definition) is 1. The molecule has 0 rings (SSSR count). The van der Waals surface area contributed by atoms with Crippen LogP contribution in [0.4, 0.5) is 4.79 Å². The number of nitrogens with zero attached hydrogens (tertiary/aromatic N) is 2. The van der Waals surface area contributed by atoms with Crippen LogP contribution in [0.15, 0.2) is 0 Å². The quantitative estimate of drug-likeness (QED) is 0.663. The van der Waals surface area contributed by atoms with Crippen LogP contribution in [0.1, 0.15) is 6.42 Å². The third kappa shape index (κ3) is 4.24. The summed E-state index contributed by atoms with van der Waals surface area (Å²) >= 11 is 3.31. The van der Waals surface area contributed by atoms with Gasteiger partial charge in [-0.3, -0.25) is 0 Å². The van der Waals surface area contributed by atoms with Gasteiger partial charge < -0.3 is 9.80 Å². The number of rotatable bonds is 3. The van der Waals surface area contributed by atoms with E-state index >= 15 is 0 Å². The molecule has 4 heteroatoms. The van der Waals surface area contributed by atoms with Gasteiger partial charge in [-0.25, -0.2) is 4.79 Å².